The number of hydrogen-bond acceptors (Lipinski definition) is 2. The molecule has 0 unspecified atom stereocenters. The number of unbranched alkanes of at least 4 members (excludes halogenated alkanes) is 1. The number of Topliss-reactive ketones (excluding diaryl/α,β-unsaturated/α-hetero) is 1. The topological polar surface area (TPSA) is 20.3 Å². The van der Waals surface area contributed by atoms with Crippen molar-refractivity contribution in [3.63, 3.8) is 0 Å². The molecule has 16 heavy (non-hydrogen) atoms. The van der Waals surface area contributed by atoms with Gasteiger partial charge in [-0.2, -0.15) is 0 Å². The molecular weight excluding hydrogens is 205 g/mol. The second kappa shape index (κ2) is 6.38. The predicted octanol–water partition coefficient (Wildman–Crippen LogP) is 2.74. The van der Waals surface area contributed by atoms with Crippen molar-refractivity contribution in [2.75, 3.05) is 20.1 Å². The standard InChI is InChI=1S/C13H18FNO/c1-3-4-9-15(2)10-13(16)11-5-7-12(14)8-6-11/h5-8H,3-4,9-10H2,1-2H3. The Kier molecular flexibility index (Phi) is 5.12. The highest BCUT2D eigenvalue weighted by Gasteiger charge is 2.08. The number of halogens is 1. The number of rotatable bonds is 6. The summed E-state index contributed by atoms with van der Waals surface area (Å²) in [7, 11) is 1.93. The first-order valence-electron chi connectivity index (χ1n) is 5.60. The third-order valence-corrected chi connectivity index (χ3v) is 2.47. The number of ketones is 1. The molecule has 0 fully saturated rings. The summed E-state index contributed by atoms with van der Waals surface area (Å²) in [5.41, 5.74) is 0.574. The molecule has 0 aliphatic rings. The molecule has 0 N–H and O–H groups in total. The summed E-state index contributed by atoms with van der Waals surface area (Å²) in [5, 5.41) is 0. The van der Waals surface area contributed by atoms with E-state index in [9.17, 15) is 9.18 Å². The molecule has 1 aromatic carbocycles. The van der Waals surface area contributed by atoms with Crippen LogP contribution < -0.4 is 0 Å². The molecular formula is C13H18FNO. The number of hydrogen-bond donors (Lipinski definition) is 0. The fourth-order valence-corrected chi connectivity index (χ4v) is 1.48. The van der Waals surface area contributed by atoms with Crippen molar-refractivity contribution in [2.45, 2.75) is 19.8 Å². The van der Waals surface area contributed by atoms with Crippen LogP contribution in [0, 0.1) is 5.82 Å². The van der Waals surface area contributed by atoms with Crippen LogP contribution >= 0.6 is 0 Å². The average molecular weight is 223 g/mol. The molecule has 3 heteroatoms. The van der Waals surface area contributed by atoms with Crippen LogP contribution in [0.3, 0.4) is 0 Å². The largest absolute Gasteiger partial charge is 0.299 e. The number of likely N-dealkylation sites (N-methyl/N-ethyl adjacent to an activating group) is 1. The maximum Gasteiger partial charge on any atom is 0.176 e. The van der Waals surface area contributed by atoms with Crippen molar-refractivity contribution in [1.82, 2.24) is 4.90 Å². The van der Waals surface area contributed by atoms with E-state index in [1.54, 1.807) is 0 Å². The summed E-state index contributed by atoms with van der Waals surface area (Å²) in [6.45, 7) is 3.44. The second-order valence-electron chi connectivity index (χ2n) is 4.02. The van der Waals surface area contributed by atoms with Crippen LogP contribution in [0.15, 0.2) is 24.3 Å². The number of carbonyl (C=O) groups is 1. The van der Waals surface area contributed by atoms with Gasteiger partial charge in [0.25, 0.3) is 0 Å². The molecule has 0 aromatic heterocycles. The van der Waals surface area contributed by atoms with Gasteiger partial charge in [-0.25, -0.2) is 4.39 Å². The van der Waals surface area contributed by atoms with E-state index in [0.717, 1.165) is 19.4 Å². The normalized spacial score (nSPS) is 10.8. The van der Waals surface area contributed by atoms with Crippen molar-refractivity contribution in [3.8, 4) is 0 Å². The minimum absolute atomic E-state index is 0.0404. The third kappa shape index (κ3) is 4.11. The maximum atomic E-state index is 12.7. The van der Waals surface area contributed by atoms with Crippen LogP contribution in [0.25, 0.3) is 0 Å². The molecule has 0 bridgehead atoms. The van der Waals surface area contributed by atoms with Crippen LogP contribution in [0.4, 0.5) is 4.39 Å². The van der Waals surface area contributed by atoms with Gasteiger partial charge in [-0.1, -0.05) is 13.3 Å². The summed E-state index contributed by atoms with van der Waals surface area (Å²) in [6.07, 6.45) is 2.21. The van der Waals surface area contributed by atoms with Gasteiger partial charge in [0.1, 0.15) is 5.82 Å². The molecule has 0 atom stereocenters. The summed E-state index contributed by atoms with van der Waals surface area (Å²) in [5.74, 6) is -0.269. The van der Waals surface area contributed by atoms with E-state index in [1.165, 1.54) is 24.3 Å². The van der Waals surface area contributed by atoms with Crippen LogP contribution in [0.5, 0.6) is 0 Å². The quantitative estimate of drug-likeness (QED) is 0.691. The molecule has 0 spiro atoms. The highest BCUT2D eigenvalue weighted by molar-refractivity contribution is 5.97. The Morgan fingerprint density at radius 1 is 1.31 bits per heavy atom. The predicted molar refractivity (Wildman–Crippen MR) is 63.1 cm³/mol. The molecule has 2 nitrogen and oxygen atoms in total. The lowest BCUT2D eigenvalue weighted by molar-refractivity contribution is 0.0945. The SMILES string of the molecule is CCCCN(C)CC(=O)c1ccc(F)cc1. The van der Waals surface area contributed by atoms with Crippen LogP contribution in [0.1, 0.15) is 30.1 Å². The molecule has 0 saturated heterocycles. The molecule has 0 radical (unpaired) electrons. The summed E-state index contributed by atoms with van der Waals surface area (Å²) < 4.78 is 12.7. The van der Waals surface area contributed by atoms with Gasteiger partial charge >= 0.3 is 0 Å². The number of carbonyl (C=O) groups excluding carboxylic acids is 1. The zero-order valence-electron chi connectivity index (χ0n) is 9.87. The first-order valence-corrected chi connectivity index (χ1v) is 5.60. The smallest absolute Gasteiger partial charge is 0.176 e. The fourth-order valence-electron chi connectivity index (χ4n) is 1.48. The lowest BCUT2D eigenvalue weighted by Gasteiger charge is -2.14. The Balaban J connectivity index is 2.48. The fraction of sp³-hybridized carbons (Fsp3) is 0.462. The van der Waals surface area contributed by atoms with Crippen molar-refractivity contribution >= 4 is 5.78 Å². The number of benzene rings is 1. The van der Waals surface area contributed by atoms with Crippen LogP contribution in [-0.4, -0.2) is 30.8 Å². The Labute approximate surface area is 96.1 Å². The van der Waals surface area contributed by atoms with Gasteiger partial charge in [-0.3, -0.25) is 9.69 Å². The van der Waals surface area contributed by atoms with Crippen molar-refractivity contribution < 1.29 is 9.18 Å². The highest BCUT2D eigenvalue weighted by Crippen LogP contribution is 2.04. The summed E-state index contributed by atoms with van der Waals surface area (Å²) >= 11 is 0. The van der Waals surface area contributed by atoms with Crippen molar-refractivity contribution in [3.05, 3.63) is 35.6 Å². The molecule has 0 aliphatic heterocycles. The van der Waals surface area contributed by atoms with E-state index < -0.39 is 0 Å². The van der Waals surface area contributed by atoms with E-state index in [-0.39, 0.29) is 11.6 Å². The zero-order chi connectivity index (χ0) is 12.0. The lowest BCUT2D eigenvalue weighted by Crippen LogP contribution is -2.26. The monoisotopic (exact) mass is 223 g/mol. The van der Waals surface area contributed by atoms with Gasteiger partial charge in [-0.15, -0.1) is 0 Å². The Morgan fingerprint density at radius 2 is 1.94 bits per heavy atom. The molecule has 0 amide bonds. The van der Waals surface area contributed by atoms with E-state index in [1.807, 2.05) is 11.9 Å². The Morgan fingerprint density at radius 3 is 2.50 bits per heavy atom. The Hall–Kier alpha value is -1.22. The van der Waals surface area contributed by atoms with Crippen molar-refractivity contribution in [2.24, 2.45) is 0 Å². The molecule has 1 rings (SSSR count). The zero-order valence-corrected chi connectivity index (χ0v) is 9.87. The van der Waals surface area contributed by atoms with Gasteiger partial charge in [0.2, 0.25) is 0 Å². The molecule has 0 saturated carbocycles. The second-order valence-corrected chi connectivity index (χ2v) is 4.02. The molecule has 88 valence electrons. The molecule has 0 aliphatic carbocycles. The highest BCUT2D eigenvalue weighted by atomic mass is 19.1. The van der Waals surface area contributed by atoms with E-state index >= 15 is 0 Å². The van der Waals surface area contributed by atoms with Crippen LogP contribution in [-0.2, 0) is 0 Å². The van der Waals surface area contributed by atoms with Crippen LogP contribution in [0.2, 0.25) is 0 Å². The third-order valence-electron chi connectivity index (χ3n) is 2.47. The van der Waals surface area contributed by atoms with Gasteiger partial charge in [0, 0.05) is 5.56 Å². The number of nitrogens with zero attached hydrogens (tertiary/aromatic N) is 1. The van der Waals surface area contributed by atoms with Gasteiger partial charge in [-0.05, 0) is 44.3 Å². The summed E-state index contributed by atoms with van der Waals surface area (Å²) in [4.78, 5) is 13.8. The van der Waals surface area contributed by atoms with Gasteiger partial charge in [0.15, 0.2) is 5.78 Å². The lowest BCUT2D eigenvalue weighted by atomic mass is 10.1. The van der Waals surface area contributed by atoms with E-state index in [2.05, 4.69) is 6.92 Å². The van der Waals surface area contributed by atoms with E-state index in [4.69, 9.17) is 0 Å². The minimum Gasteiger partial charge on any atom is -0.299 e. The minimum atomic E-state index is -0.309. The molecule has 1 aromatic rings. The van der Waals surface area contributed by atoms with Gasteiger partial charge in [0.05, 0.1) is 6.54 Å². The van der Waals surface area contributed by atoms with Gasteiger partial charge < -0.3 is 0 Å². The maximum absolute atomic E-state index is 12.7. The first kappa shape index (κ1) is 12.8. The first-order chi connectivity index (χ1) is 7.63. The molecule has 0 heterocycles. The van der Waals surface area contributed by atoms with Crippen molar-refractivity contribution in [1.29, 1.82) is 0 Å². The Bertz CT molecular complexity index is 334. The van der Waals surface area contributed by atoms with E-state index in [0.29, 0.717) is 12.1 Å². The average Bonchev–Trinajstić information content (AvgIpc) is 2.27. The summed E-state index contributed by atoms with van der Waals surface area (Å²) in [6, 6.07) is 5.70.